The second-order valence-electron chi connectivity index (χ2n) is 4.29. The Bertz CT molecular complexity index is 886. The molecule has 3 aromatic heterocycles. The number of rotatable bonds is 3. The van der Waals surface area contributed by atoms with Crippen molar-refractivity contribution in [3.8, 4) is 17.5 Å². The molecule has 0 aliphatic carbocycles. The highest BCUT2D eigenvalue weighted by Gasteiger charge is 2.15. The molecule has 0 saturated carbocycles. The fourth-order valence-electron chi connectivity index (χ4n) is 1.92. The van der Waals surface area contributed by atoms with E-state index in [0.29, 0.717) is 26.8 Å². The molecule has 0 saturated heterocycles. The van der Waals surface area contributed by atoms with E-state index in [2.05, 4.69) is 20.1 Å². The highest BCUT2D eigenvalue weighted by Crippen LogP contribution is 2.23. The fourth-order valence-corrected chi connectivity index (χ4v) is 2.10. The first-order valence-corrected chi connectivity index (χ1v) is 6.49. The lowest BCUT2D eigenvalue weighted by Gasteiger charge is -2.04. The Morgan fingerprint density at radius 1 is 1.23 bits per heavy atom. The van der Waals surface area contributed by atoms with E-state index in [1.54, 1.807) is 12.1 Å². The van der Waals surface area contributed by atoms with Crippen molar-refractivity contribution < 1.29 is 8.78 Å². The topological polar surface area (TPSA) is 80.3 Å². The highest BCUT2D eigenvalue weighted by molar-refractivity contribution is 6.31. The highest BCUT2D eigenvalue weighted by atomic mass is 35.5. The first-order chi connectivity index (χ1) is 10.6. The van der Waals surface area contributed by atoms with E-state index >= 15 is 0 Å². The van der Waals surface area contributed by atoms with Crippen LogP contribution in [0.4, 0.5) is 8.78 Å². The monoisotopic (exact) mass is 320 g/mol. The van der Waals surface area contributed by atoms with Crippen LogP contribution in [0.1, 0.15) is 12.2 Å². The number of nitriles is 1. The van der Waals surface area contributed by atoms with Crippen molar-refractivity contribution in [1.82, 2.24) is 24.7 Å². The summed E-state index contributed by atoms with van der Waals surface area (Å²) in [6.45, 7) is -2.78. The van der Waals surface area contributed by atoms with Crippen molar-refractivity contribution in [2.24, 2.45) is 0 Å². The molecular formula is C13H7ClF2N6. The summed E-state index contributed by atoms with van der Waals surface area (Å²) in [5.74, 6) is 0. The lowest BCUT2D eigenvalue weighted by atomic mass is 10.2. The molecular weight excluding hydrogens is 314 g/mol. The van der Waals surface area contributed by atoms with Crippen molar-refractivity contribution in [2.75, 3.05) is 0 Å². The molecule has 110 valence electrons. The second kappa shape index (κ2) is 5.61. The Hall–Kier alpha value is -2.66. The van der Waals surface area contributed by atoms with Crippen LogP contribution < -0.4 is 0 Å². The third kappa shape index (κ3) is 2.46. The quantitative estimate of drug-likeness (QED) is 0.741. The second-order valence-corrected chi connectivity index (χ2v) is 4.70. The molecule has 22 heavy (non-hydrogen) atoms. The summed E-state index contributed by atoms with van der Waals surface area (Å²) in [5, 5.41) is 12.7. The molecule has 0 amide bonds. The Labute approximate surface area is 128 Å². The molecule has 0 unspecified atom stereocenters. The van der Waals surface area contributed by atoms with Gasteiger partial charge in [0.15, 0.2) is 5.65 Å². The SMILES string of the molecule is N#CCc1nc(-c2cnc3c(cnn3C(F)F)n2)ccc1Cl. The number of pyridine rings is 1. The van der Waals surface area contributed by atoms with Crippen LogP contribution in [0, 0.1) is 11.3 Å². The van der Waals surface area contributed by atoms with Crippen molar-refractivity contribution in [2.45, 2.75) is 13.0 Å². The predicted octanol–water partition coefficient (Wildman–Crippen LogP) is 3.00. The summed E-state index contributed by atoms with van der Waals surface area (Å²) >= 11 is 5.95. The third-order valence-corrected chi connectivity index (χ3v) is 3.26. The van der Waals surface area contributed by atoms with Crippen LogP contribution in [-0.2, 0) is 6.42 Å². The van der Waals surface area contributed by atoms with Crippen LogP contribution in [-0.4, -0.2) is 24.7 Å². The van der Waals surface area contributed by atoms with Crippen LogP contribution >= 0.6 is 11.6 Å². The zero-order valence-corrected chi connectivity index (χ0v) is 11.7. The van der Waals surface area contributed by atoms with E-state index in [1.807, 2.05) is 6.07 Å². The average Bonchev–Trinajstić information content (AvgIpc) is 2.93. The number of halogens is 3. The molecule has 0 fully saturated rings. The van der Waals surface area contributed by atoms with Crippen LogP contribution in [0.2, 0.25) is 5.02 Å². The Morgan fingerprint density at radius 2 is 2.05 bits per heavy atom. The molecule has 0 aromatic carbocycles. The van der Waals surface area contributed by atoms with E-state index in [4.69, 9.17) is 16.9 Å². The third-order valence-electron chi connectivity index (χ3n) is 2.91. The normalized spacial score (nSPS) is 11.0. The maximum Gasteiger partial charge on any atom is 0.335 e. The van der Waals surface area contributed by atoms with Gasteiger partial charge in [0.1, 0.15) is 11.2 Å². The van der Waals surface area contributed by atoms with Crippen LogP contribution in [0.15, 0.2) is 24.5 Å². The van der Waals surface area contributed by atoms with Crippen molar-refractivity contribution in [3.63, 3.8) is 0 Å². The van der Waals surface area contributed by atoms with Gasteiger partial charge in [0.25, 0.3) is 0 Å². The standard InChI is InChI=1S/C13H7ClF2N6/c14-7-1-2-9(20-8(7)3-4-17)10-5-18-12-11(21-10)6-19-22(12)13(15)16/h1-2,5-6,13H,3H2. The number of aromatic nitrogens is 5. The molecule has 0 radical (unpaired) electrons. The molecule has 0 aliphatic rings. The predicted molar refractivity (Wildman–Crippen MR) is 74.1 cm³/mol. The minimum absolute atomic E-state index is 0.00929. The molecule has 3 aromatic rings. The van der Waals surface area contributed by atoms with Gasteiger partial charge in [0.05, 0.1) is 41.3 Å². The molecule has 9 heteroatoms. The zero-order valence-electron chi connectivity index (χ0n) is 10.9. The smallest absolute Gasteiger partial charge is 0.248 e. The molecule has 3 heterocycles. The van der Waals surface area contributed by atoms with Crippen LogP contribution in [0.25, 0.3) is 22.6 Å². The molecule has 0 bridgehead atoms. The number of fused-ring (bicyclic) bond motifs is 1. The number of hydrogen-bond acceptors (Lipinski definition) is 5. The van der Waals surface area contributed by atoms with Gasteiger partial charge in [-0.1, -0.05) is 11.6 Å². The average molecular weight is 321 g/mol. The number of nitrogens with zero attached hydrogens (tertiary/aromatic N) is 6. The van der Waals surface area contributed by atoms with Gasteiger partial charge in [-0.15, -0.1) is 0 Å². The van der Waals surface area contributed by atoms with Gasteiger partial charge in [-0.3, -0.25) is 0 Å². The first kappa shape index (κ1) is 14.3. The summed E-state index contributed by atoms with van der Waals surface area (Å²) in [7, 11) is 0. The fraction of sp³-hybridized carbons (Fsp3) is 0.154. The number of hydrogen-bond donors (Lipinski definition) is 0. The van der Waals surface area contributed by atoms with Gasteiger partial charge in [-0.05, 0) is 12.1 Å². The Kier molecular flexibility index (Phi) is 3.65. The Balaban J connectivity index is 2.07. The van der Waals surface area contributed by atoms with Gasteiger partial charge in [0.2, 0.25) is 0 Å². The summed E-state index contributed by atoms with van der Waals surface area (Å²) in [5.41, 5.74) is 1.49. The van der Waals surface area contributed by atoms with E-state index in [-0.39, 0.29) is 17.6 Å². The Morgan fingerprint density at radius 3 is 2.77 bits per heavy atom. The first-order valence-electron chi connectivity index (χ1n) is 6.11. The summed E-state index contributed by atoms with van der Waals surface area (Å²) < 4.78 is 25.9. The van der Waals surface area contributed by atoms with Crippen molar-refractivity contribution in [1.29, 1.82) is 5.26 Å². The lowest BCUT2D eigenvalue weighted by Crippen LogP contribution is -2.01. The van der Waals surface area contributed by atoms with E-state index < -0.39 is 6.55 Å². The maximum atomic E-state index is 12.7. The van der Waals surface area contributed by atoms with Gasteiger partial charge in [-0.2, -0.15) is 23.8 Å². The lowest BCUT2D eigenvalue weighted by molar-refractivity contribution is 0.0608. The van der Waals surface area contributed by atoms with Crippen molar-refractivity contribution >= 4 is 22.8 Å². The maximum absolute atomic E-state index is 12.7. The van der Waals surface area contributed by atoms with Crippen molar-refractivity contribution in [3.05, 3.63) is 35.2 Å². The minimum Gasteiger partial charge on any atom is -0.248 e. The molecule has 0 aliphatic heterocycles. The largest absolute Gasteiger partial charge is 0.335 e. The van der Waals surface area contributed by atoms with Gasteiger partial charge >= 0.3 is 6.55 Å². The van der Waals surface area contributed by atoms with Gasteiger partial charge in [-0.25, -0.2) is 15.0 Å². The summed E-state index contributed by atoms with van der Waals surface area (Å²) in [6, 6.07) is 5.19. The number of alkyl halides is 2. The molecule has 0 spiro atoms. The van der Waals surface area contributed by atoms with Gasteiger partial charge in [0, 0.05) is 0 Å². The summed E-state index contributed by atoms with van der Waals surface area (Å²) in [4.78, 5) is 12.4. The van der Waals surface area contributed by atoms with E-state index in [9.17, 15) is 8.78 Å². The molecule has 6 nitrogen and oxygen atoms in total. The molecule has 3 rings (SSSR count). The zero-order chi connectivity index (χ0) is 15.7. The minimum atomic E-state index is -2.78. The van der Waals surface area contributed by atoms with Gasteiger partial charge < -0.3 is 0 Å². The molecule has 0 atom stereocenters. The van der Waals surface area contributed by atoms with E-state index in [0.717, 1.165) is 0 Å². The van der Waals surface area contributed by atoms with Crippen LogP contribution in [0.3, 0.4) is 0 Å². The van der Waals surface area contributed by atoms with E-state index in [1.165, 1.54) is 12.4 Å². The molecule has 0 N–H and O–H groups in total. The van der Waals surface area contributed by atoms with Crippen LogP contribution in [0.5, 0.6) is 0 Å². The summed E-state index contributed by atoms with van der Waals surface area (Å²) in [6.07, 6.45) is 2.60.